The number of hydrogen-bond donors (Lipinski definition) is 1. The van der Waals surface area contributed by atoms with Crippen molar-refractivity contribution < 1.29 is 4.57 Å². The molecule has 1 N–H and O–H groups in total. The smallest absolute Gasteiger partial charge is 0.361 e. The molecule has 0 radical (unpaired) electrons. The molecule has 2 heterocycles. The van der Waals surface area contributed by atoms with Crippen LogP contribution in [0.5, 0.6) is 0 Å². The lowest BCUT2D eigenvalue weighted by Gasteiger charge is -2.16. The van der Waals surface area contributed by atoms with E-state index in [4.69, 9.17) is 5.11 Å². The van der Waals surface area contributed by atoms with Crippen LogP contribution in [0.25, 0.3) is 22.2 Å². The third kappa shape index (κ3) is 3.43. The summed E-state index contributed by atoms with van der Waals surface area (Å²) in [5.41, 5.74) is 4.04. The Kier molecular flexibility index (Phi) is 5.21. The van der Waals surface area contributed by atoms with Crippen LogP contribution < -0.4 is 9.47 Å². The standard InChI is InChI=1S/C22H23N5S/c1-4-27(5-2)19-15-26(3)22(28-19)25-24-21-17-13-9-10-14-18(17)23-20(21)16-11-7-6-8-12-16/h6-15H,4-5H2,1-3H3/p+1. The van der Waals surface area contributed by atoms with Crippen molar-refractivity contribution in [3.05, 3.63) is 60.8 Å². The average molecular weight is 391 g/mol. The molecule has 0 aliphatic rings. The van der Waals surface area contributed by atoms with Crippen LogP contribution in [0, 0.1) is 0 Å². The SMILES string of the molecule is CCN(CC)c1c[n+](C)c(N=Nc2c(-c3ccccc3)[nH]c3ccccc23)s1. The number of benzene rings is 2. The van der Waals surface area contributed by atoms with Crippen LogP contribution in [0.1, 0.15) is 13.8 Å². The van der Waals surface area contributed by atoms with E-state index in [1.54, 1.807) is 11.3 Å². The lowest BCUT2D eigenvalue weighted by atomic mass is 10.1. The number of aromatic amines is 1. The zero-order valence-electron chi connectivity index (χ0n) is 16.4. The van der Waals surface area contributed by atoms with Crippen molar-refractivity contribution in [2.75, 3.05) is 18.0 Å². The zero-order valence-corrected chi connectivity index (χ0v) is 17.2. The van der Waals surface area contributed by atoms with Crippen molar-refractivity contribution >= 4 is 38.1 Å². The number of anilines is 1. The fourth-order valence-electron chi connectivity index (χ4n) is 3.32. The van der Waals surface area contributed by atoms with Crippen molar-refractivity contribution in [2.45, 2.75) is 13.8 Å². The highest BCUT2D eigenvalue weighted by molar-refractivity contribution is 7.18. The minimum Gasteiger partial charge on any atom is -0.361 e. The second kappa shape index (κ2) is 7.94. The summed E-state index contributed by atoms with van der Waals surface area (Å²) in [4.78, 5) is 5.83. The molecule has 142 valence electrons. The van der Waals surface area contributed by atoms with E-state index >= 15 is 0 Å². The number of nitrogens with one attached hydrogen (secondary N) is 1. The molecule has 0 atom stereocenters. The molecule has 0 saturated carbocycles. The Morgan fingerprint density at radius 2 is 1.68 bits per heavy atom. The van der Waals surface area contributed by atoms with Gasteiger partial charge in [-0.2, -0.15) is 0 Å². The largest absolute Gasteiger partial charge is 0.410 e. The molecule has 4 aromatic rings. The van der Waals surface area contributed by atoms with Crippen LogP contribution in [0.4, 0.5) is 15.8 Å². The van der Waals surface area contributed by atoms with Gasteiger partial charge in [-0.1, -0.05) is 48.5 Å². The molecule has 0 bridgehead atoms. The first-order chi connectivity index (χ1) is 13.7. The Labute approximate surface area is 169 Å². The Morgan fingerprint density at radius 3 is 2.43 bits per heavy atom. The van der Waals surface area contributed by atoms with E-state index in [2.05, 4.69) is 59.3 Å². The first-order valence-electron chi connectivity index (χ1n) is 9.53. The molecule has 2 aromatic heterocycles. The summed E-state index contributed by atoms with van der Waals surface area (Å²) >= 11 is 1.66. The molecule has 5 nitrogen and oxygen atoms in total. The molecule has 0 spiro atoms. The first-order valence-corrected chi connectivity index (χ1v) is 10.3. The van der Waals surface area contributed by atoms with Crippen LogP contribution in [-0.2, 0) is 7.05 Å². The van der Waals surface area contributed by atoms with E-state index in [1.807, 2.05) is 41.9 Å². The number of aryl methyl sites for hydroxylation is 1. The Bertz CT molecular complexity index is 1110. The average Bonchev–Trinajstić information content (AvgIpc) is 3.28. The summed E-state index contributed by atoms with van der Waals surface area (Å²) in [6, 6.07) is 18.5. The summed E-state index contributed by atoms with van der Waals surface area (Å²) in [6.45, 7) is 6.30. The number of aromatic nitrogens is 2. The molecule has 6 heteroatoms. The van der Waals surface area contributed by atoms with Gasteiger partial charge in [0.25, 0.3) is 0 Å². The summed E-state index contributed by atoms with van der Waals surface area (Å²) < 4.78 is 2.04. The minimum absolute atomic E-state index is 0.875. The maximum Gasteiger partial charge on any atom is 0.410 e. The van der Waals surface area contributed by atoms with Gasteiger partial charge in [0.15, 0.2) is 0 Å². The molecular weight excluding hydrogens is 366 g/mol. The number of hydrogen-bond acceptors (Lipinski definition) is 4. The van der Waals surface area contributed by atoms with Crippen LogP contribution in [0.15, 0.2) is 71.0 Å². The van der Waals surface area contributed by atoms with Crippen molar-refractivity contribution in [1.82, 2.24) is 4.98 Å². The van der Waals surface area contributed by atoms with Gasteiger partial charge in [0.05, 0.1) is 17.9 Å². The van der Waals surface area contributed by atoms with Crippen molar-refractivity contribution in [3.8, 4) is 11.3 Å². The number of rotatable bonds is 6. The summed E-state index contributed by atoms with van der Waals surface area (Å²) in [5.74, 6) is 0. The maximum absolute atomic E-state index is 4.69. The van der Waals surface area contributed by atoms with Gasteiger partial charge in [-0.05, 0) is 36.4 Å². The molecule has 0 aliphatic heterocycles. The maximum atomic E-state index is 4.69. The highest BCUT2D eigenvalue weighted by Crippen LogP contribution is 2.38. The summed E-state index contributed by atoms with van der Waals surface area (Å²) in [7, 11) is 2.02. The highest BCUT2D eigenvalue weighted by atomic mass is 32.1. The van der Waals surface area contributed by atoms with E-state index in [-0.39, 0.29) is 0 Å². The molecule has 0 saturated heterocycles. The number of azo groups is 1. The second-order valence-electron chi connectivity index (χ2n) is 6.60. The molecule has 4 rings (SSSR count). The van der Waals surface area contributed by atoms with E-state index in [0.29, 0.717) is 0 Å². The highest BCUT2D eigenvalue weighted by Gasteiger charge is 2.19. The molecule has 0 fully saturated rings. The van der Waals surface area contributed by atoms with Crippen molar-refractivity contribution in [2.24, 2.45) is 17.3 Å². The first kappa shape index (κ1) is 18.4. The number of para-hydroxylation sites is 1. The van der Waals surface area contributed by atoms with Gasteiger partial charge in [0, 0.05) is 29.6 Å². The number of H-pyrrole nitrogens is 1. The van der Waals surface area contributed by atoms with Gasteiger partial charge in [-0.25, -0.2) is 4.57 Å². The van der Waals surface area contributed by atoms with Gasteiger partial charge >= 0.3 is 5.13 Å². The third-order valence-electron chi connectivity index (χ3n) is 4.85. The van der Waals surface area contributed by atoms with Crippen LogP contribution in [-0.4, -0.2) is 18.1 Å². The second-order valence-corrected chi connectivity index (χ2v) is 7.58. The van der Waals surface area contributed by atoms with Gasteiger partial charge < -0.3 is 9.88 Å². The monoisotopic (exact) mass is 390 g/mol. The molecule has 0 unspecified atom stereocenters. The lowest BCUT2D eigenvalue weighted by Crippen LogP contribution is -2.26. The minimum atomic E-state index is 0.875. The normalized spacial score (nSPS) is 11.5. The van der Waals surface area contributed by atoms with E-state index < -0.39 is 0 Å². The van der Waals surface area contributed by atoms with Crippen LogP contribution in [0.3, 0.4) is 0 Å². The zero-order chi connectivity index (χ0) is 19.5. The summed E-state index contributed by atoms with van der Waals surface area (Å²) in [6.07, 6.45) is 2.12. The van der Waals surface area contributed by atoms with E-state index in [9.17, 15) is 0 Å². The van der Waals surface area contributed by atoms with E-state index in [1.165, 1.54) is 5.00 Å². The molecule has 0 amide bonds. The van der Waals surface area contributed by atoms with Crippen LogP contribution in [0.2, 0.25) is 0 Å². The van der Waals surface area contributed by atoms with Crippen LogP contribution >= 0.6 is 11.3 Å². The molecule has 28 heavy (non-hydrogen) atoms. The predicted octanol–water partition coefficient (Wildman–Crippen LogP) is 5.98. The van der Waals surface area contributed by atoms with Crippen molar-refractivity contribution in [1.29, 1.82) is 0 Å². The Hall–Kier alpha value is -2.99. The molecule has 0 aliphatic carbocycles. The van der Waals surface area contributed by atoms with Gasteiger partial charge in [-0.3, -0.25) is 0 Å². The Morgan fingerprint density at radius 1 is 0.964 bits per heavy atom. The third-order valence-corrected chi connectivity index (χ3v) is 5.98. The predicted molar refractivity (Wildman–Crippen MR) is 117 cm³/mol. The Balaban J connectivity index is 1.78. The van der Waals surface area contributed by atoms with E-state index in [0.717, 1.165) is 46.1 Å². The lowest BCUT2D eigenvalue weighted by molar-refractivity contribution is -0.653. The number of fused-ring (bicyclic) bond motifs is 1. The molecular formula is C22H24N5S+. The van der Waals surface area contributed by atoms with Gasteiger partial charge in [0.2, 0.25) is 0 Å². The number of nitrogens with zero attached hydrogens (tertiary/aromatic N) is 4. The van der Waals surface area contributed by atoms with Gasteiger partial charge in [0.1, 0.15) is 16.9 Å². The fraction of sp³-hybridized carbons (Fsp3) is 0.227. The quantitative estimate of drug-likeness (QED) is 0.319. The summed E-state index contributed by atoms with van der Waals surface area (Å²) in [5, 5.41) is 12.5. The van der Waals surface area contributed by atoms with Gasteiger partial charge in [-0.15, -0.1) is 0 Å². The fourth-order valence-corrected chi connectivity index (χ4v) is 4.39. The molecule has 2 aromatic carbocycles. The number of thiazole rings is 1. The van der Waals surface area contributed by atoms with Crippen molar-refractivity contribution in [3.63, 3.8) is 0 Å². The topological polar surface area (TPSA) is 47.6 Å².